The molecule has 4 aliphatic rings. The summed E-state index contributed by atoms with van der Waals surface area (Å²) >= 11 is 1.73. The number of benzene rings is 6. The van der Waals surface area contributed by atoms with Gasteiger partial charge in [-0.05, 0) is 114 Å². The highest BCUT2D eigenvalue weighted by Crippen LogP contribution is 2.60. The van der Waals surface area contributed by atoms with Crippen molar-refractivity contribution >= 4 is 31.5 Å². The van der Waals surface area contributed by atoms with E-state index in [1.54, 1.807) is 11.3 Å². The van der Waals surface area contributed by atoms with Gasteiger partial charge >= 0.3 is 0 Å². The molecule has 2 heterocycles. The zero-order valence-corrected chi connectivity index (χ0v) is 31.3. The van der Waals surface area contributed by atoms with Crippen molar-refractivity contribution in [2.75, 3.05) is 0 Å². The predicted octanol–water partition coefficient (Wildman–Crippen LogP) is 12.9. The fraction of sp³-hybridized carbons (Fsp3) is 0.200. The van der Waals surface area contributed by atoms with Crippen LogP contribution in [0.25, 0.3) is 76.6 Å². The topological polar surface area (TPSA) is 62.5 Å². The largest absolute Gasteiger partial charge is 0.208 e. The normalized spacial score (nSPS) is 21.3. The van der Waals surface area contributed by atoms with E-state index in [0.29, 0.717) is 28.5 Å². The molecule has 8 aromatic rings. The summed E-state index contributed by atoms with van der Waals surface area (Å²) in [6.07, 6.45) is 8.39. The molecule has 6 aromatic carbocycles. The third-order valence-electron chi connectivity index (χ3n) is 12.7. The average molecular weight is 727 g/mol. The first-order chi connectivity index (χ1) is 27.1. The highest BCUT2D eigenvalue weighted by atomic mass is 32.1. The van der Waals surface area contributed by atoms with E-state index in [0.717, 1.165) is 61.4 Å². The maximum Gasteiger partial charge on any atom is 0.164 e. The Morgan fingerprint density at radius 3 is 1.78 bits per heavy atom. The number of fused-ring (bicyclic) bond motifs is 3. The second-order valence-electron chi connectivity index (χ2n) is 16.2. The quantitative estimate of drug-likeness (QED) is 0.171. The van der Waals surface area contributed by atoms with Crippen molar-refractivity contribution in [3.63, 3.8) is 0 Å². The first-order valence-corrected chi connectivity index (χ1v) is 20.4. The molecular weight excluding hydrogens is 689 g/mol. The predicted molar refractivity (Wildman–Crippen MR) is 224 cm³/mol. The van der Waals surface area contributed by atoms with E-state index in [4.69, 9.17) is 15.0 Å². The van der Waals surface area contributed by atoms with Crippen molar-refractivity contribution in [1.29, 1.82) is 5.26 Å². The van der Waals surface area contributed by atoms with E-state index < -0.39 is 0 Å². The molecule has 4 saturated carbocycles. The Bertz CT molecular complexity index is 2780. The number of nitriles is 1. The molecular formula is C50H38N4S. The molecule has 0 aliphatic heterocycles. The van der Waals surface area contributed by atoms with Crippen LogP contribution in [0.3, 0.4) is 0 Å². The van der Waals surface area contributed by atoms with Gasteiger partial charge in [0.1, 0.15) is 0 Å². The second kappa shape index (κ2) is 12.8. The van der Waals surface area contributed by atoms with Crippen LogP contribution in [0.4, 0.5) is 0 Å². The smallest absolute Gasteiger partial charge is 0.164 e. The van der Waals surface area contributed by atoms with Crippen LogP contribution < -0.4 is 0 Å². The van der Waals surface area contributed by atoms with Crippen LogP contribution in [0.5, 0.6) is 0 Å². The fourth-order valence-corrected chi connectivity index (χ4v) is 11.8. The summed E-state index contributed by atoms with van der Waals surface area (Å²) < 4.78 is 2.33. The summed E-state index contributed by atoms with van der Waals surface area (Å²) in [4.78, 5) is 15.6. The Balaban J connectivity index is 1.01. The molecule has 0 amide bonds. The highest BCUT2D eigenvalue weighted by Gasteiger charge is 2.51. The molecule has 4 fully saturated rings. The first kappa shape index (κ1) is 32.5. The van der Waals surface area contributed by atoms with Crippen LogP contribution in [-0.4, -0.2) is 15.0 Å². The third kappa shape index (κ3) is 5.67. The number of nitrogens with zero attached hydrogens (tertiary/aromatic N) is 4. The van der Waals surface area contributed by atoms with Gasteiger partial charge < -0.3 is 0 Å². The zero-order valence-electron chi connectivity index (χ0n) is 30.5. The van der Waals surface area contributed by atoms with Crippen LogP contribution in [0.1, 0.15) is 49.7 Å². The number of aromatic nitrogens is 3. The van der Waals surface area contributed by atoms with Crippen LogP contribution in [0, 0.1) is 29.1 Å². The van der Waals surface area contributed by atoms with E-state index in [1.807, 2.05) is 18.2 Å². The Kier molecular flexibility index (Phi) is 7.57. The summed E-state index contributed by atoms with van der Waals surface area (Å²) in [5.74, 6) is 4.73. The van der Waals surface area contributed by atoms with Crippen molar-refractivity contribution in [2.45, 2.75) is 43.9 Å². The number of rotatable bonds is 6. The molecule has 0 saturated heterocycles. The van der Waals surface area contributed by atoms with Gasteiger partial charge in [-0.1, -0.05) is 115 Å². The standard InChI is InChI=1S/C50H38N4S/c51-30-31-13-19-42-43-20-16-38(26-46(43)55-45(42)24-31)37-9-6-10-39(25-37)48-52-47(53-49(54-48)44-12-5-4-11-41(44)35-7-2-1-3-8-35)36-14-17-40(18-15-36)50-27-32-21-33(28-50)23-34(22-32)29-50/h1-20,24-26,32-34H,21-23,27-29H2/t32-,33-,34-,50?. The molecule has 4 aliphatic carbocycles. The fourth-order valence-electron chi connectivity index (χ4n) is 10.6. The Labute approximate surface area is 325 Å². The van der Waals surface area contributed by atoms with Gasteiger partial charge in [-0.3, -0.25) is 0 Å². The highest BCUT2D eigenvalue weighted by molar-refractivity contribution is 7.25. The van der Waals surface area contributed by atoms with Gasteiger partial charge in [0.15, 0.2) is 17.5 Å². The minimum Gasteiger partial charge on any atom is -0.208 e. The van der Waals surface area contributed by atoms with Gasteiger partial charge in [-0.15, -0.1) is 11.3 Å². The van der Waals surface area contributed by atoms with Crippen molar-refractivity contribution < 1.29 is 0 Å². The van der Waals surface area contributed by atoms with E-state index in [2.05, 4.69) is 127 Å². The van der Waals surface area contributed by atoms with Crippen LogP contribution in [0.2, 0.25) is 0 Å². The van der Waals surface area contributed by atoms with Gasteiger partial charge in [-0.2, -0.15) is 5.26 Å². The molecule has 12 rings (SSSR count). The SMILES string of the molecule is N#Cc1ccc2c(c1)sc1cc(-c3cccc(-c4nc(-c5ccc(C67C[C@H]8C[C@H](C6)C[C@@H](C7)C8)cc5)nc(-c5ccccc5-c5ccccc5)n4)c3)ccc12. The number of hydrogen-bond donors (Lipinski definition) is 0. The molecule has 2 aromatic heterocycles. The first-order valence-electron chi connectivity index (χ1n) is 19.6. The van der Waals surface area contributed by atoms with Gasteiger partial charge in [0.2, 0.25) is 0 Å². The van der Waals surface area contributed by atoms with Gasteiger partial charge in [0.25, 0.3) is 0 Å². The molecule has 5 heteroatoms. The summed E-state index contributed by atoms with van der Waals surface area (Å²) in [7, 11) is 0. The molecule has 0 atom stereocenters. The molecule has 0 N–H and O–H groups in total. The molecule has 0 spiro atoms. The maximum absolute atomic E-state index is 9.45. The van der Waals surface area contributed by atoms with Crippen molar-refractivity contribution in [3.8, 4) is 62.5 Å². The van der Waals surface area contributed by atoms with Crippen LogP contribution in [0.15, 0.2) is 140 Å². The lowest BCUT2D eigenvalue weighted by atomic mass is 9.48. The lowest BCUT2D eigenvalue weighted by molar-refractivity contribution is -0.00518. The zero-order chi connectivity index (χ0) is 36.5. The molecule has 55 heavy (non-hydrogen) atoms. The Hall–Kier alpha value is -5.96. The lowest BCUT2D eigenvalue weighted by Gasteiger charge is -2.57. The van der Waals surface area contributed by atoms with Crippen LogP contribution in [-0.2, 0) is 5.41 Å². The summed E-state index contributed by atoms with van der Waals surface area (Å²) in [6.45, 7) is 0. The lowest BCUT2D eigenvalue weighted by Crippen LogP contribution is -2.48. The van der Waals surface area contributed by atoms with E-state index >= 15 is 0 Å². The molecule has 4 bridgehead atoms. The molecule has 264 valence electrons. The minimum atomic E-state index is 0.343. The van der Waals surface area contributed by atoms with Gasteiger partial charge in [0.05, 0.1) is 11.6 Å². The van der Waals surface area contributed by atoms with E-state index in [1.165, 1.54) is 59.6 Å². The third-order valence-corrected chi connectivity index (χ3v) is 13.9. The maximum atomic E-state index is 9.45. The molecule has 0 unspecified atom stereocenters. The Morgan fingerprint density at radius 2 is 1.05 bits per heavy atom. The Morgan fingerprint density at radius 1 is 0.491 bits per heavy atom. The van der Waals surface area contributed by atoms with Gasteiger partial charge in [0, 0.05) is 36.9 Å². The second-order valence-corrected chi connectivity index (χ2v) is 17.3. The van der Waals surface area contributed by atoms with E-state index in [9.17, 15) is 5.26 Å². The number of thiophene rings is 1. The minimum absolute atomic E-state index is 0.343. The van der Waals surface area contributed by atoms with Crippen molar-refractivity contribution in [2.24, 2.45) is 17.8 Å². The van der Waals surface area contributed by atoms with Crippen molar-refractivity contribution in [3.05, 3.63) is 151 Å². The summed E-state index contributed by atoms with van der Waals surface area (Å²) in [5, 5.41) is 11.8. The van der Waals surface area contributed by atoms with Gasteiger partial charge in [-0.25, -0.2) is 15.0 Å². The monoisotopic (exact) mass is 726 g/mol. The summed E-state index contributed by atoms with van der Waals surface area (Å²) in [5.41, 5.74) is 9.93. The molecule has 0 radical (unpaired) electrons. The van der Waals surface area contributed by atoms with E-state index in [-0.39, 0.29) is 0 Å². The average Bonchev–Trinajstić information content (AvgIpc) is 3.60. The number of hydrogen-bond acceptors (Lipinski definition) is 5. The van der Waals surface area contributed by atoms with Crippen LogP contribution >= 0.6 is 11.3 Å². The van der Waals surface area contributed by atoms with Crippen molar-refractivity contribution in [1.82, 2.24) is 15.0 Å². The summed E-state index contributed by atoms with van der Waals surface area (Å²) in [6, 6.07) is 51.6. The molecule has 4 nitrogen and oxygen atoms in total.